The smallest absolute Gasteiger partial charge is 0.283 e. The van der Waals surface area contributed by atoms with Crippen molar-refractivity contribution in [3.63, 3.8) is 0 Å². The minimum atomic E-state index is -3.87. The lowest BCUT2D eigenvalue weighted by Gasteiger charge is -2.22. The number of hydrogen-bond acceptors (Lipinski definition) is 3. The van der Waals surface area contributed by atoms with Crippen molar-refractivity contribution in [2.75, 3.05) is 4.72 Å². The highest BCUT2D eigenvalue weighted by atomic mass is 32.2. The van der Waals surface area contributed by atoms with Gasteiger partial charge in [-0.1, -0.05) is 49.6 Å². The van der Waals surface area contributed by atoms with Gasteiger partial charge in [-0.05, 0) is 55.5 Å². The Balaban J connectivity index is 1.63. The van der Waals surface area contributed by atoms with Gasteiger partial charge in [0.25, 0.3) is 15.6 Å². The highest BCUT2D eigenvalue weighted by Crippen LogP contribution is 2.33. The molecule has 1 heterocycles. The van der Waals surface area contributed by atoms with Gasteiger partial charge in [0.1, 0.15) is 5.69 Å². The first-order valence-electron chi connectivity index (χ1n) is 10.4. The number of benzene rings is 2. The average Bonchev–Trinajstić information content (AvgIpc) is 2.98. The molecule has 1 fully saturated rings. The van der Waals surface area contributed by atoms with Gasteiger partial charge in [-0.15, -0.1) is 0 Å². The summed E-state index contributed by atoms with van der Waals surface area (Å²) in [6.45, 7) is 1.73. The van der Waals surface area contributed by atoms with Crippen molar-refractivity contribution in [1.29, 1.82) is 0 Å². The van der Waals surface area contributed by atoms with Crippen LogP contribution in [0.15, 0.2) is 64.3 Å². The minimum Gasteiger partial charge on any atom is -0.283 e. The van der Waals surface area contributed by atoms with Gasteiger partial charge in [0.15, 0.2) is 0 Å². The Bertz CT molecular complexity index is 1190. The van der Waals surface area contributed by atoms with Gasteiger partial charge in [0.2, 0.25) is 0 Å². The van der Waals surface area contributed by atoms with Crippen molar-refractivity contribution in [2.24, 2.45) is 7.05 Å². The predicted octanol–water partition coefficient (Wildman–Crippen LogP) is 4.33. The zero-order chi connectivity index (χ0) is 21.3. The quantitative estimate of drug-likeness (QED) is 0.661. The molecule has 0 atom stereocenters. The Morgan fingerprint density at radius 3 is 2.20 bits per heavy atom. The molecule has 1 saturated carbocycles. The summed E-state index contributed by atoms with van der Waals surface area (Å²) in [4.78, 5) is 13.2. The molecule has 1 aliphatic rings. The van der Waals surface area contributed by atoms with E-state index in [2.05, 4.69) is 4.72 Å². The molecule has 0 aliphatic heterocycles. The number of anilines is 1. The van der Waals surface area contributed by atoms with Gasteiger partial charge in [-0.2, -0.15) is 0 Å². The molecule has 2 aromatic carbocycles. The third kappa shape index (κ3) is 3.81. The molecule has 0 amide bonds. The molecule has 0 bridgehead atoms. The lowest BCUT2D eigenvalue weighted by Crippen LogP contribution is -2.23. The Morgan fingerprint density at radius 1 is 0.933 bits per heavy atom. The molecule has 3 aromatic rings. The molecule has 4 rings (SSSR count). The standard InChI is InChI=1S/C23H27N3O3S/c1-17-22(23(27)26(25(17)2)20-11-7-4-8-12-20)24-30(28,29)21-15-13-19(14-16-21)18-9-5-3-6-10-18/h4,7-8,11-16,18,24H,3,5-6,9-10H2,1-2H3. The lowest BCUT2D eigenvalue weighted by molar-refractivity contribution is 0.443. The first kappa shape index (κ1) is 20.5. The first-order valence-corrected chi connectivity index (χ1v) is 11.8. The predicted molar refractivity (Wildman–Crippen MR) is 119 cm³/mol. The van der Waals surface area contributed by atoms with Crippen LogP contribution in [0.3, 0.4) is 0 Å². The second kappa shape index (κ2) is 8.14. The maximum absolute atomic E-state index is 13.0. The molecular formula is C23H27N3O3S. The van der Waals surface area contributed by atoms with Gasteiger partial charge in [0, 0.05) is 7.05 Å². The van der Waals surface area contributed by atoms with Crippen molar-refractivity contribution in [3.8, 4) is 5.69 Å². The van der Waals surface area contributed by atoms with Crippen LogP contribution in [0, 0.1) is 6.92 Å². The maximum Gasteiger partial charge on any atom is 0.296 e. The van der Waals surface area contributed by atoms with Gasteiger partial charge < -0.3 is 0 Å². The molecule has 158 valence electrons. The van der Waals surface area contributed by atoms with Gasteiger partial charge >= 0.3 is 0 Å². The van der Waals surface area contributed by atoms with E-state index in [9.17, 15) is 13.2 Å². The van der Waals surface area contributed by atoms with Gasteiger partial charge in [-0.3, -0.25) is 14.2 Å². The molecule has 0 saturated heterocycles. The number of rotatable bonds is 5. The van der Waals surface area contributed by atoms with E-state index in [0.717, 1.165) is 12.8 Å². The van der Waals surface area contributed by atoms with E-state index in [-0.39, 0.29) is 10.6 Å². The Hall–Kier alpha value is -2.80. The van der Waals surface area contributed by atoms with E-state index in [4.69, 9.17) is 0 Å². The topological polar surface area (TPSA) is 73.1 Å². The lowest BCUT2D eigenvalue weighted by atomic mass is 9.84. The van der Waals surface area contributed by atoms with Crippen molar-refractivity contribution >= 4 is 15.7 Å². The fraction of sp³-hybridized carbons (Fsp3) is 0.348. The second-order valence-corrected chi connectivity index (χ2v) is 9.63. The summed E-state index contributed by atoms with van der Waals surface area (Å²) in [7, 11) is -2.13. The van der Waals surface area contributed by atoms with E-state index in [1.807, 2.05) is 42.5 Å². The van der Waals surface area contributed by atoms with Gasteiger partial charge in [-0.25, -0.2) is 13.1 Å². The molecule has 1 aliphatic carbocycles. The SMILES string of the molecule is Cc1c(NS(=O)(=O)c2ccc(C3CCCCC3)cc2)c(=O)n(-c2ccccc2)n1C. The zero-order valence-electron chi connectivity index (χ0n) is 17.3. The summed E-state index contributed by atoms with van der Waals surface area (Å²) in [5, 5.41) is 0. The van der Waals surface area contributed by atoms with E-state index < -0.39 is 15.6 Å². The van der Waals surface area contributed by atoms with Crippen LogP contribution >= 0.6 is 0 Å². The normalized spacial score (nSPS) is 15.3. The second-order valence-electron chi connectivity index (χ2n) is 7.95. The molecule has 30 heavy (non-hydrogen) atoms. The van der Waals surface area contributed by atoms with Crippen molar-refractivity contribution in [1.82, 2.24) is 9.36 Å². The van der Waals surface area contributed by atoms with Crippen LogP contribution in [0.2, 0.25) is 0 Å². The van der Waals surface area contributed by atoms with E-state index in [1.165, 1.54) is 29.5 Å². The molecule has 6 nitrogen and oxygen atoms in total. The number of para-hydroxylation sites is 1. The average molecular weight is 426 g/mol. The van der Waals surface area contributed by atoms with Crippen molar-refractivity contribution < 1.29 is 8.42 Å². The molecule has 0 spiro atoms. The molecular weight excluding hydrogens is 398 g/mol. The third-order valence-corrected chi connectivity index (χ3v) is 7.42. The Kier molecular flexibility index (Phi) is 5.56. The molecule has 1 N–H and O–H groups in total. The number of sulfonamides is 1. The van der Waals surface area contributed by atoms with Crippen LogP contribution in [-0.4, -0.2) is 17.8 Å². The van der Waals surface area contributed by atoms with Crippen molar-refractivity contribution in [2.45, 2.75) is 49.8 Å². The summed E-state index contributed by atoms with van der Waals surface area (Å²) in [6.07, 6.45) is 6.06. The van der Waals surface area contributed by atoms with E-state index in [1.54, 1.807) is 30.8 Å². The highest BCUT2D eigenvalue weighted by Gasteiger charge is 2.23. The Morgan fingerprint density at radius 2 is 1.57 bits per heavy atom. The fourth-order valence-corrected chi connectivity index (χ4v) is 5.35. The third-order valence-electron chi connectivity index (χ3n) is 6.06. The summed E-state index contributed by atoms with van der Waals surface area (Å²) >= 11 is 0. The first-order chi connectivity index (χ1) is 14.4. The van der Waals surface area contributed by atoms with E-state index >= 15 is 0 Å². The highest BCUT2D eigenvalue weighted by molar-refractivity contribution is 7.92. The monoisotopic (exact) mass is 425 g/mol. The van der Waals surface area contributed by atoms with Crippen LogP contribution in [0.1, 0.15) is 49.3 Å². The molecule has 1 aromatic heterocycles. The number of nitrogens with zero attached hydrogens (tertiary/aromatic N) is 2. The van der Waals surface area contributed by atoms with Crippen LogP contribution in [0.25, 0.3) is 5.69 Å². The number of nitrogens with one attached hydrogen (secondary N) is 1. The number of aromatic nitrogens is 2. The van der Waals surface area contributed by atoms with E-state index in [0.29, 0.717) is 17.3 Å². The van der Waals surface area contributed by atoms with Crippen LogP contribution in [0.5, 0.6) is 0 Å². The molecule has 0 unspecified atom stereocenters. The molecule has 7 heteroatoms. The van der Waals surface area contributed by atoms with Crippen LogP contribution in [-0.2, 0) is 17.1 Å². The maximum atomic E-state index is 13.0. The minimum absolute atomic E-state index is 0.0673. The summed E-state index contributed by atoms with van der Waals surface area (Å²) in [5.41, 5.74) is 2.08. The van der Waals surface area contributed by atoms with Crippen LogP contribution in [0.4, 0.5) is 5.69 Å². The summed E-state index contributed by atoms with van der Waals surface area (Å²) < 4.78 is 31.6. The van der Waals surface area contributed by atoms with Gasteiger partial charge in [0.05, 0.1) is 16.3 Å². The fourth-order valence-electron chi connectivity index (χ4n) is 4.23. The largest absolute Gasteiger partial charge is 0.296 e. The van der Waals surface area contributed by atoms with Crippen molar-refractivity contribution in [3.05, 3.63) is 76.2 Å². The zero-order valence-corrected chi connectivity index (χ0v) is 18.2. The Labute approximate surface area is 177 Å². The number of hydrogen-bond donors (Lipinski definition) is 1. The summed E-state index contributed by atoms with van der Waals surface area (Å²) in [5.74, 6) is 0.512. The molecule has 0 radical (unpaired) electrons. The van der Waals surface area contributed by atoms with Crippen LogP contribution < -0.4 is 10.3 Å². The summed E-state index contributed by atoms with van der Waals surface area (Å²) in [6, 6.07) is 16.2.